The number of benzene rings is 2. The molecule has 0 radical (unpaired) electrons. The Kier molecular flexibility index (Phi) is 3.81. The van der Waals surface area contributed by atoms with Gasteiger partial charge in [0.1, 0.15) is 5.75 Å². The Balaban J connectivity index is 2.01. The van der Waals surface area contributed by atoms with Crippen molar-refractivity contribution in [3.63, 3.8) is 0 Å². The largest absolute Gasteiger partial charge is 0.493 e. The second kappa shape index (κ2) is 5.99. The second-order valence-corrected chi connectivity index (χ2v) is 6.90. The van der Waals surface area contributed by atoms with E-state index in [0.29, 0.717) is 0 Å². The fourth-order valence-electron chi connectivity index (χ4n) is 3.68. The SMILES string of the molecule is Cc1ccc2c(c1)c1c(n2CCN(C)C)-c2ccccc2OCC1. The van der Waals surface area contributed by atoms with Gasteiger partial charge in [0, 0.05) is 36.0 Å². The van der Waals surface area contributed by atoms with E-state index in [2.05, 4.69) is 73.0 Å². The van der Waals surface area contributed by atoms with Gasteiger partial charge in [0.05, 0.1) is 12.3 Å². The van der Waals surface area contributed by atoms with E-state index in [9.17, 15) is 0 Å². The van der Waals surface area contributed by atoms with E-state index in [4.69, 9.17) is 4.74 Å². The lowest BCUT2D eigenvalue weighted by molar-refractivity contribution is 0.327. The van der Waals surface area contributed by atoms with Crippen LogP contribution >= 0.6 is 0 Å². The highest BCUT2D eigenvalue weighted by molar-refractivity contribution is 5.93. The Morgan fingerprint density at radius 1 is 1.12 bits per heavy atom. The topological polar surface area (TPSA) is 17.4 Å². The molecule has 0 unspecified atom stereocenters. The van der Waals surface area contributed by atoms with Crippen molar-refractivity contribution in [1.82, 2.24) is 9.47 Å². The van der Waals surface area contributed by atoms with Gasteiger partial charge in [0.15, 0.2) is 0 Å². The first-order valence-corrected chi connectivity index (χ1v) is 8.64. The molecule has 3 heteroatoms. The number of para-hydroxylation sites is 1. The molecule has 3 nitrogen and oxygen atoms in total. The van der Waals surface area contributed by atoms with Crippen LogP contribution in [0.5, 0.6) is 5.75 Å². The number of aryl methyl sites for hydroxylation is 1. The number of rotatable bonds is 3. The highest BCUT2D eigenvalue weighted by atomic mass is 16.5. The number of likely N-dealkylation sites (N-methyl/N-ethyl adjacent to an activating group) is 1. The Morgan fingerprint density at radius 3 is 2.79 bits per heavy atom. The Bertz CT molecular complexity index is 892. The molecule has 0 bridgehead atoms. The van der Waals surface area contributed by atoms with Gasteiger partial charge in [-0.25, -0.2) is 0 Å². The first-order valence-electron chi connectivity index (χ1n) is 8.64. The van der Waals surface area contributed by atoms with Crippen LogP contribution in [0.25, 0.3) is 22.2 Å². The van der Waals surface area contributed by atoms with Crippen molar-refractivity contribution < 1.29 is 4.74 Å². The van der Waals surface area contributed by atoms with Gasteiger partial charge < -0.3 is 14.2 Å². The smallest absolute Gasteiger partial charge is 0.128 e. The molecule has 0 N–H and O–H groups in total. The maximum absolute atomic E-state index is 6.03. The third-order valence-corrected chi connectivity index (χ3v) is 4.85. The van der Waals surface area contributed by atoms with E-state index < -0.39 is 0 Å². The van der Waals surface area contributed by atoms with Crippen LogP contribution in [0.4, 0.5) is 0 Å². The van der Waals surface area contributed by atoms with Crippen LogP contribution in [-0.4, -0.2) is 36.7 Å². The molecule has 0 amide bonds. The number of ether oxygens (including phenoxy) is 1. The fourth-order valence-corrected chi connectivity index (χ4v) is 3.68. The maximum atomic E-state index is 6.03. The molecule has 0 aliphatic carbocycles. The number of hydrogen-bond donors (Lipinski definition) is 0. The summed E-state index contributed by atoms with van der Waals surface area (Å²) in [6.07, 6.45) is 0.957. The van der Waals surface area contributed by atoms with E-state index in [0.717, 1.165) is 31.9 Å². The third-order valence-electron chi connectivity index (χ3n) is 4.85. The van der Waals surface area contributed by atoms with Crippen molar-refractivity contribution in [2.75, 3.05) is 27.2 Å². The zero-order valence-corrected chi connectivity index (χ0v) is 14.7. The molecule has 4 rings (SSSR count). The van der Waals surface area contributed by atoms with Crippen molar-refractivity contribution in [3.05, 3.63) is 53.6 Å². The Hall–Kier alpha value is -2.26. The van der Waals surface area contributed by atoms with Crippen LogP contribution < -0.4 is 4.74 Å². The summed E-state index contributed by atoms with van der Waals surface area (Å²) in [5.74, 6) is 1.00. The molecule has 0 fully saturated rings. The maximum Gasteiger partial charge on any atom is 0.128 e. The predicted octanol–water partition coefficient (Wildman–Crippen LogP) is 4.11. The highest BCUT2D eigenvalue weighted by Gasteiger charge is 2.23. The van der Waals surface area contributed by atoms with Gasteiger partial charge in [-0.05, 0) is 50.8 Å². The van der Waals surface area contributed by atoms with Crippen LogP contribution in [0.2, 0.25) is 0 Å². The number of nitrogens with zero attached hydrogens (tertiary/aromatic N) is 2. The zero-order valence-electron chi connectivity index (χ0n) is 14.7. The summed E-state index contributed by atoms with van der Waals surface area (Å²) >= 11 is 0. The van der Waals surface area contributed by atoms with Gasteiger partial charge in [-0.15, -0.1) is 0 Å². The summed E-state index contributed by atoms with van der Waals surface area (Å²) in [6, 6.07) is 15.3. The van der Waals surface area contributed by atoms with Crippen molar-refractivity contribution in [2.45, 2.75) is 19.9 Å². The second-order valence-electron chi connectivity index (χ2n) is 6.90. The summed E-state index contributed by atoms with van der Waals surface area (Å²) in [4.78, 5) is 2.24. The Labute approximate surface area is 143 Å². The van der Waals surface area contributed by atoms with Crippen molar-refractivity contribution in [2.24, 2.45) is 0 Å². The molecule has 0 saturated carbocycles. The van der Waals surface area contributed by atoms with Gasteiger partial charge in [0.25, 0.3) is 0 Å². The van der Waals surface area contributed by atoms with Gasteiger partial charge in [-0.3, -0.25) is 0 Å². The molecule has 2 heterocycles. The molecule has 1 aromatic heterocycles. The van der Waals surface area contributed by atoms with Crippen LogP contribution in [0.3, 0.4) is 0 Å². The normalized spacial score (nSPS) is 13.5. The molecule has 124 valence electrons. The van der Waals surface area contributed by atoms with Gasteiger partial charge in [0.2, 0.25) is 0 Å². The molecular formula is C21H24N2O. The fraction of sp³-hybridized carbons (Fsp3) is 0.333. The zero-order chi connectivity index (χ0) is 16.7. The minimum Gasteiger partial charge on any atom is -0.493 e. The van der Waals surface area contributed by atoms with E-state index >= 15 is 0 Å². The van der Waals surface area contributed by atoms with Gasteiger partial charge >= 0.3 is 0 Å². The number of aromatic nitrogens is 1. The summed E-state index contributed by atoms with van der Waals surface area (Å²) in [7, 11) is 4.26. The summed E-state index contributed by atoms with van der Waals surface area (Å²) in [5, 5.41) is 1.38. The first-order chi connectivity index (χ1) is 11.6. The number of hydrogen-bond acceptors (Lipinski definition) is 2. The molecular weight excluding hydrogens is 296 g/mol. The van der Waals surface area contributed by atoms with E-state index in [1.165, 1.54) is 33.3 Å². The van der Waals surface area contributed by atoms with Crippen molar-refractivity contribution in [1.29, 1.82) is 0 Å². The van der Waals surface area contributed by atoms with Crippen LogP contribution in [-0.2, 0) is 13.0 Å². The van der Waals surface area contributed by atoms with Gasteiger partial charge in [-0.2, -0.15) is 0 Å². The predicted molar refractivity (Wildman–Crippen MR) is 99.9 cm³/mol. The average molecular weight is 320 g/mol. The molecule has 1 aliphatic rings. The van der Waals surface area contributed by atoms with Crippen LogP contribution in [0.1, 0.15) is 11.1 Å². The molecule has 24 heavy (non-hydrogen) atoms. The highest BCUT2D eigenvalue weighted by Crippen LogP contribution is 2.40. The van der Waals surface area contributed by atoms with Crippen molar-refractivity contribution in [3.8, 4) is 17.0 Å². The lowest BCUT2D eigenvalue weighted by Crippen LogP contribution is -2.18. The summed E-state index contributed by atoms with van der Waals surface area (Å²) in [6.45, 7) is 4.91. The average Bonchev–Trinajstić information content (AvgIpc) is 2.73. The van der Waals surface area contributed by atoms with Crippen LogP contribution in [0.15, 0.2) is 42.5 Å². The number of fused-ring (bicyclic) bond motifs is 5. The molecule has 1 aliphatic heterocycles. The molecule has 2 aromatic carbocycles. The molecule has 3 aromatic rings. The van der Waals surface area contributed by atoms with Crippen molar-refractivity contribution >= 4 is 10.9 Å². The quantitative estimate of drug-likeness (QED) is 0.722. The lowest BCUT2D eigenvalue weighted by Gasteiger charge is -2.16. The van der Waals surface area contributed by atoms with E-state index in [-0.39, 0.29) is 0 Å². The minimum absolute atomic E-state index is 0.741. The van der Waals surface area contributed by atoms with Gasteiger partial charge in [-0.1, -0.05) is 23.8 Å². The lowest BCUT2D eigenvalue weighted by atomic mass is 10.0. The standard InChI is InChI=1S/C21H24N2O/c1-15-8-9-19-18(14-15)16-10-13-24-20-7-5-4-6-17(20)21(16)23(19)12-11-22(2)3/h4-9,14H,10-13H2,1-3H3. The minimum atomic E-state index is 0.741. The molecule has 0 saturated heterocycles. The molecule has 0 atom stereocenters. The first kappa shape index (κ1) is 15.3. The Morgan fingerprint density at radius 2 is 1.96 bits per heavy atom. The summed E-state index contributed by atoms with van der Waals surface area (Å²) < 4.78 is 8.51. The van der Waals surface area contributed by atoms with E-state index in [1.807, 2.05) is 0 Å². The summed E-state index contributed by atoms with van der Waals surface area (Å²) in [5.41, 5.74) is 6.64. The third kappa shape index (κ3) is 2.49. The monoisotopic (exact) mass is 320 g/mol. The molecule has 0 spiro atoms. The van der Waals surface area contributed by atoms with Crippen LogP contribution in [0, 0.1) is 6.92 Å². The van der Waals surface area contributed by atoms with E-state index in [1.54, 1.807) is 0 Å².